The molecule has 1 aliphatic rings. The zero-order chi connectivity index (χ0) is 19.6. The standard InChI is InChI=1S/C19H21N3O4S/c1-13(23)20-16-6-8-17(9-7-16)21-19(24)15-5-10-18-14(12-15)4-3-11-22(18)27(2,25)26/h5-10,12H,3-4,11H2,1-2H3,(H,20,23)(H,21,24). The van der Waals surface area contributed by atoms with Crippen molar-refractivity contribution in [2.75, 3.05) is 27.7 Å². The number of hydrogen-bond donors (Lipinski definition) is 2. The molecule has 8 heteroatoms. The summed E-state index contributed by atoms with van der Waals surface area (Å²) in [7, 11) is -3.33. The average molecular weight is 387 g/mol. The van der Waals surface area contributed by atoms with E-state index in [1.165, 1.54) is 17.5 Å². The van der Waals surface area contributed by atoms with E-state index >= 15 is 0 Å². The van der Waals surface area contributed by atoms with Gasteiger partial charge in [-0.2, -0.15) is 0 Å². The van der Waals surface area contributed by atoms with E-state index in [1.807, 2.05) is 0 Å². The van der Waals surface area contributed by atoms with Crippen molar-refractivity contribution in [1.82, 2.24) is 0 Å². The molecular weight excluding hydrogens is 366 g/mol. The number of nitrogens with one attached hydrogen (secondary N) is 2. The predicted molar refractivity (Wildman–Crippen MR) is 106 cm³/mol. The first-order valence-electron chi connectivity index (χ1n) is 8.54. The number of fused-ring (bicyclic) bond motifs is 1. The van der Waals surface area contributed by atoms with Gasteiger partial charge in [0.05, 0.1) is 11.9 Å². The highest BCUT2D eigenvalue weighted by Gasteiger charge is 2.24. The molecule has 142 valence electrons. The Kier molecular flexibility index (Phi) is 5.18. The minimum atomic E-state index is -3.33. The minimum Gasteiger partial charge on any atom is -0.326 e. The van der Waals surface area contributed by atoms with Gasteiger partial charge in [-0.3, -0.25) is 13.9 Å². The first-order valence-corrected chi connectivity index (χ1v) is 10.4. The molecule has 2 aromatic rings. The van der Waals surface area contributed by atoms with Crippen molar-refractivity contribution >= 4 is 38.9 Å². The molecule has 0 aromatic heterocycles. The van der Waals surface area contributed by atoms with Gasteiger partial charge in [-0.05, 0) is 60.9 Å². The molecule has 0 spiro atoms. The summed E-state index contributed by atoms with van der Waals surface area (Å²) in [6, 6.07) is 11.9. The van der Waals surface area contributed by atoms with Gasteiger partial charge >= 0.3 is 0 Å². The minimum absolute atomic E-state index is 0.163. The van der Waals surface area contributed by atoms with Crippen molar-refractivity contribution in [3.05, 3.63) is 53.6 Å². The molecule has 27 heavy (non-hydrogen) atoms. The Balaban J connectivity index is 1.77. The molecule has 0 saturated carbocycles. The second-order valence-corrected chi connectivity index (χ2v) is 8.40. The first-order chi connectivity index (χ1) is 12.7. The van der Waals surface area contributed by atoms with Gasteiger partial charge in [0.15, 0.2) is 0 Å². The summed E-state index contributed by atoms with van der Waals surface area (Å²) in [4.78, 5) is 23.6. The summed E-state index contributed by atoms with van der Waals surface area (Å²) in [5.74, 6) is -0.439. The van der Waals surface area contributed by atoms with Gasteiger partial charge in [0, 0.05) is 30.4 Å². The lowest BCUT2D eigenvalue weighted by atomic mass is 10.0. The smallest absolute Gasteiger partial charge is 0.255 e. The summed E-state index contributed by atoms with van der Waals surface area (Å²) in [5.41, 5.74) is 3.20. The number of anilines is 3. The van der Waals surface area contributed by atoms with Crippen LogP contribution >= 0.6 is 0 Å². The van der Waals surface area contributed by atoms with Gasteiger partial charge < -0.3 is 10.6 Å². The molecular formula is C19H21N3O4S. The van der Waals surface area contributed by atoms with Crippen LogP contribution in [0.1, 0.15) is 29.3 Å². The van der Waals surface area contributed by atoms with Crippen LogP contribution in [0.3, 0.4) is 0 Å². The van der Waals surface area contributed by atoms with Crippen molar-refractivity contribution in [1.29, 1.82) is 0 Å². The third-order valence-electron chi connectivity index (χ3n) is 4.28. The number of sulfonamides is 1. The number of aryl methyl sites for hydroxylation is 1. The Labute approximate surface area is 158 Å². The Morgan fingerprint density at radius 1 is 1.00 bits per heavy atom. The van der Waals surface area contributed by atoms with Crippen molar-refractivity contribution in [2.45, 2.75) is 19.8 Å². The lowest BCUT2D eigenvalue weighted by Crippen LogP contribution is -2.34. The molecule has 2 amide bonds. The molecule has 3 rings (SSSR count). The fourth-order valence-corrected chi connectivity index (χ4v) is 4.09. The van der Waals surface area contributed by atoms with Gasteiger partial charge in [0.2, 0.25) is 15.9 Å². The zero-order valence-corrected chi connectivity index (χ0v) is 16.0. The number of carbonyl (C=O) groups is 2. The summed E-state index contributed by atoms with van der Waals surface area (Å²) in [5, 5.41) is 5.47. The Morgan fingerprint density at radius 2 is 1.63 bits per heavy atom. The molecule has 0 unspecified atom stereocenters. The van der Waals surface area contributed by atoms with Crippen LogP contribution in [0.25, 0.3) is 0 Å². The topological polar surface area (TPSA) is 95.6 Å². The number of rotatable bonds is 4. The van der Waals surface area contributed by atoms with Crippen LogP contribution < -0.4 is 14.9 Å². The second kappa shape index (κ2) is 7.40. The number of nitrogens with zero attached hydrogens (tertiary/aromatic N) is 1. The monoisotopic (exact) mass is 387 g/mol. The lowest BCUT2D eigenvalue weighted by Gasteiger charge is -2.29. The van der Waals surface area contributed by atoms with Crippen molar-refractivity contribution in [3.8, 4) is 0 Å². The molecule has 0 bridgehead atoms. The molecule has 1 aliphatic heterocycles. The third kappa shape index (κ3) is 4.46. The zero-order valence-electron chi connectivity index (χ0n) is 15.2. The fourth-order valence-electron chi connectivity index (χ4n) is 3.09. The van der Waals surface area contributed by atoms with Crippen LogP contribution in [0.15, 0.2) is 42.5 Å². The van der Waals surface area contributed by atoms with E-state index in [0.717, 1.165) is 18.4 Å². The van der Waals surface area contributed by atoms with Crippen molar-refractivity contribution in [2.24, 2.45) is 0 Å². The number of carbonyl (C=O) groups excluding carboxylic acids is 2. The third-order valence-corrected chi connectivity index (χ3v) is 5.46. The van der Waals surface area contributed by atoms with Crippen LogP contribution in [0.5, 0.6) is 0 Å². The van der Waals surface area contributed by atoms with E-state index in [0.29, 0.717) is 29.2 Å². The summed E-state index contributed by atoms with van der Waals surface area (Å²) in [6.07, 6.45) is 2.64. The van der Waals surface area contributed by atoms with Gasteiger partial charge in [-0.1, -0.05) is 0 Å². The van der Waals surface area contributed by atoms with Crippen LogP contribution in [-0.4, -0.2) is 33.0 Å². The van der Waals surface area contributed by atoms with Crippen molar-refractivity contribution in [3.63, 3.8) is 0 Å². The van der Waals surface area contributed by atoms with E-state index in [2.05, 4.69) is 10.6 Å². The number of benzene rings is 2. The number of amides is 2. The summed E-state index contributed by atoms with van der Waals surface area (Å²) < 4.78 is 25.2. The highest BCUT2D eigenvalue weighted by Crippen LogP contribution is 2.30. The molecule has 2 N–H and O–H groups in total. The lowest BCUT2D eigenvalue weighted by molar-refractivity contribution is -0.114. The van der Waals surface area contributed by atoms with Crippen molar-refractivity contribution < 1.29 is 18.0 Å². The molecule has 7 nitrogen and oxygen atoms in total. The molecule has 0 atom stereocenters. The fraction of sp³-hybridized carbons (Fsp3) is 0.263. The Bertz CT molecular complexity index is 985. The van der Waals surface area contributed by atoms with Crippen LogP contribution in [-0.2, 0) is 21.2 Å². The number of hydrogen-bond acceptors (Lipinski definition) is 4. The maximum atomic E-state index is 12.5. The largest absolute Gasteiger partial charge is 0.326 e. The van der Waals surface area contributed by atoms with Gasteiger partial charge in [-0.25, -0.2) is 8.42 Å². The quantitative estimate of drug-likeness (QED) is 0.843. The first kappa shape index (κ1) is 18.9. The maximum Gasteiger partial charge on any atom is 0.255 e. The van der Waals surface area contributed by atoms with Gasteiger partial charge in [-0.15, -0.1) is 0 Å². The Hall–Kier alpha value is -2.87. The molecule has 2 aromatic carbocycles. The normalized spacial score (nSPS) is 13.6. The average Bonchev–Trinajstić information content (AvgIpc) is 2.61. The predicted octanol–water partition coefficient (Wildman–Crippen LogP) is 2.61. The van der Waals surface area contributed by atoms with Gasteiger partial charge in [0.1, 0.15) is 0 Å². The summed E-state index contributed by atoms with van der Waals surface area (Å²) in [6.45, 7) is 1.88. The van der Waals surface area contributed by atoms with E-state index in [4.69, 9.17) is 0 Å². The molecule has 0 saturated heterocycles. The van der Waals surface area contributed by atoms with Crippen LogP contribution in [0.4, 0.5) is 17.1 Å². The maximum absolute atomic E-state index is 12.5. The van der Waals surface area contributed by atoms with E-state index in [1.54, 1.807) is 42.5 Å². The van der Waals surface area contributed by atoms with E-state index in [9.17, 15) is 18.0 Å². The Morgan fingerprint density at radius 3 is 2.22 bits per heavy atom. The molecule has 0 aliphatic carbocycles. The highest BCUT2D eigenvalue weighted by molar-refractivity contribution is 7.92. The van der Waals surface area contributed by atoms with Gasteiger partial charge in [0.25, 0.3) is 5.91 Å². The van der Waals surface area contributed by atoms with E-state index < -0.39 is 10.0 Å². The van der Waals surface area contributed by atoms with Crippen LogP contribution in [0.2, 0.25) is 0 Å². The molecule has 0 fully saturated rings. The molecule has 0 radical (unpaired) electrons. The summed E-state index contributed by atoms with van der Waals surface area (Å²) >= 11 is 0. The second-order valence-electron chi connectivity index (χ2n) is 6.49. The van der Waals surface area contributed by atoms with E-state index in [-0.39, 0.29) is 11.8 Å². The SMILES string of the molecule is CC(=O)Nc1ccc(NC(=O)c2ccc3c(c2)CCCN3S(C)(=O)=O)cc1. The molecule has 1 heterocycles. The van der Waals surface area contributed by atoms with Crippen LogP contribution in [0, 0.1) is 0 Å². The highest BCUT2D eigenvalue weighted by atomic mass is 32.2.